The normalized spacial score (nSPS) is 18.2. The lowest BCUT2D eigenvalue weighted by molar-refractivity contribution is 0.0602. The Kier molecular flexibility index (Phi) is 5.70. The fraction of sp³-hybridized carbons (Fsp3) is 0.500. The third kappa shape index (κ3) is 3.94. The molecule has 0 amide bonds. The molecule has 0 saturated carbocycles. The summed E-state index contributed by atoms with van der Waals surface area (Å²) in [6.07, 6.45) is 2.36. The molecule has 0 atom stereocenters. The third-order valence-corrected chi connectivity index (χ3v) is 8.21. The van der Waals surface area contributed by atoms with E-state index < -0.39 is 16.0 Å². The maximum absolute atomic E-state index is 13.0. The number of nitrogens with zero attached hydrogens (tertiary/aromatic N) is 5. The molecule has 2 aromatic heterocycles. The van der Waals surface area contributed by atoms with Crippen molar-refractivity contribution >= 4 is 39.0 Å². The van der Waals surface area contributed by atoms with E-state index in [1.165, 1.54) is 30.3 Å². The molecule has 0 radical (unpaired) electrons. The molecule has 0 N–H and O–H groups in total. The van der Waals surface area contributed by atoms with Crippen LogP contribution in [-0.2, 0) is 14.8 Å². The lowest BCUT2D eigenvalue weighted by Gasteiger charge is -2.34. The van der Waals surface area contributed by atoms with Crippen LogP contribution in [0.2, 0.25) is 0 Å². The van der Waals surface area contributed by atoms with Gasteiger partial charge in [-0.1, -0.05) is 0 Å². The molecule has 2 aromatic rings. The first-order valence-corrected chi connectivity index (χ1v) is 11.8. The highest BCUT2D eigenvalue weighted by atomic mass is 32.2. The molecule has 9 nitrogen and oxygen atoms in total. The number of thiophene rings is 1. The molecule has 4 heterocycles. The lowest BCUT2D eigenvalue weighted by Crippen LogP contribution is -2.49. The van der Waals surface area contributed by atoms with Gasteiger partial charge in [-0.25, -0.2) is 13.2 Å². The minimum atomic E-state index is -3.75. The highest BCUT2D eigenvalue weighted by Gasteiger charge is 2.33. The van der Waals surface area contributed by atoms with Crippen molar-refractivity contribution in [3.8, 4) is 0 Å². The van der Waals surface area contributed by atoms with Gasteiger partial charge in [0, 0.05) is 39.3 Å². The van der Waals surface area contributed by atoms with Gasteiger partial charge in [-0.2, -0.15) is 4.31 Å². The molecule has 2 aliphatic heterocycles. The monoisotopic (exact) mass is 437 g/mol. The number of anilines is 2. The quantitative estimate of drug-likeness (QED) is 0.649. The van der Waals surface area contributed by atoms with Gasteiger partial charge in [0.25, 0.3) is 0 Å². The molecule has 2 aliphatic rings. The minimum Gasteiger partial charge on any atom is -0.465 e. The summed E-state index contributed by atoms with van der Waals surface area (Å²) in [7, 11) is -2.51. The Morgan fingerprint density at radius 3 is 2.10 bits per heavy atom. The number of sulfonamides is 1. The number of methoxy groups -OCH3 is 1. The van der Waals surface area contributed by atoms with Crippen molar-refractivity contribution in [3.05, 3.63) is 28.5 Å². The van der Waals surface area contributed by atoms with Crippen LogP contribution in [0.4, 0.5) is 11.6 Å². The number of hydrogen-bond donors (Lipinski definition) is 0. The lowest BCUT2D eigenvalue weighted by atomic mass is 10.3. The first kappa shape index (κ1) is 20.0. The van der Waals surface area contributed by atoms with E-state index in [1.54, 1.807) is 5.38 Å². The molecule has 4 rings (SSSR count). The summed E-state index contributed by atoms with van der Waals surface area (Å²) in [4.78, 5) is 16.2. The summed E-state index contributed by atoms with van der Waals surface area (Å²) >= 11 is 1.07. The summed E-state index contributed by atoms with van der Waals surface area (Å²) in [6.45, 7) is 3.67. The topological polar surface area (TPSA) is 95.9 Å². The molecule has 0 bridgehead atoms. The van der Waals surface area contributed by atoms with Gasteiger partial charge in [0.15, 0.2) is 11.6 Å². The van der Waals surface area contributed by atoms with E-state index in [4.69, 9.17) is 4.74 Å². The second-order valence-corrected chi connectivity index (χ2v) is 9.76. The van der Waals surface area contributed by atoms with E-state index in [2.05, 4.69) is 15.1 Å². The van der Waals surface area contributed by atoms with Gasteiger partial charge in [0.2, 0.25) is 10.0 Å². The van der Waals surface area contributed by atoms with Crippen molar-refractivity contribution in [1.29, 1.82) is 0 Å². The minimum absolute atomic E-state index is 0.0116. The number of piperazine rings is 1. The highest BCUT2D eigenvalue weighted by Crippen LogP contribution is 2.27. The molecule has 0 aliphatic carbocycles. The van der Waals surface area contributed by atoms with Crippen molar-refractivity contribution in [1.82, 2.24) is 14.5 Å². The number of hydrogen-bond acceptors (Lipinski definition) is 9. The molecule has 0 spiro atoms. The number of aromatic nitrogens is 2. The summed E-state index contributed by atoms with van der Waals surface area (Å²) < 4.78 is 32.1. The molecular formula is C18H23N5O4S2. The van der Waals surface area contributed by atoms with Crippen LogP contribution in [0.3, 0.4) is 0 Å². The van der Waals surface area contributed by atoms with Crippen LogP contribution in [-0.4, -0.2) is 75.3 Å². The Hall–Kier alpha value is -2.24. The van der Waals surface area contributed by atoms with E-state index in [0.717, 1.165) is 36.1 Å². The van der Waals surface area contributed by atoms with Crippen LogP contribution in [0.1, 0.15) is 22.5 Å². The van der Waals surface area contributed by atoms with Gasteiger partial charge < -0.3 is 14.5 Å². The largest absolute Gasteiger partial charge is 0.465 e. The van der Waals surface area contributed by atoms with E-state index in [9.17, 15) is 13.2 Å². The van der Waals surface area contributed by atoms with Gasteiger partial charge in [0.05, 0.1) is 7.11 Å². The van der Waals surface area contributed by atoms with Gasteiger partial charge in [-0.05, 0) is 36.4 Å². The van der Waals surface area contributed by atoms with E-state index in [1.807, 2.05) is 17.0 Å². The molecule has 2 saturated heterocycles. The van der Waals surface area contributed by atoms with Crippen molar-refractivity contribution in [3.63, 3.8) is 0 Å². The Morgan fingerprint density at radius 1 is 0.966 bits per heavy atom. The summed E-state index contributed by atoms with van der Waals surface area (Å²) in [6, 6.07) is 5.38. The van der Waals surface area contributed by atoms with Crippen molar-refractivity contribution < 1.29 is 17.9 Å². The first-order valence-electron chi connectivity index (χ1n) is 9.50. The number of esters is 1. The average Bonchev–Trinajstić information content (AvgIpc) is 3.46. The van der Waals surface area contributed by atoms with Gasteiger partial charge in [0.1, 0.15) is 9.77 Å². The highest BCUT2D eigenvalue weighted by molar-refractivity contribution is 7.89. The molecule has 156 valence electrons. The maximum Gasteiger partial charge on any atom is 0.349 e. The summed E-state index contributed by atoms with van der Waals surface area (Å²) in [5.41, 5.74) is 0. The van der Waals surface area contributed by atoms with Crippen LogP contribution in [0.15, 0.2) is 28.5 Å². The number of rotatable bonds is 5. The van der Waals surface area contributed by atoms with E-state index >= 15 is 0 Å². The van der Waals surface area contributed by atoms with Crippen molar-refractivity contribution in [2.75, 3.05) is 56.2 Å². The van der Waals surface area contributed by atoms with Crippen LogP contribution >= 0.6 is 11.3 Å². The second kappa shape index (κ2) is 8.25. The smallest absolute Gasteiger partial charge is 0.349 e. The standard InChI is InChI=1S/C18H23N5O4S2/c1-27-18(24)17-14(6-13-28-17)29(25,26)23-11-9-22(10-12-23)16-5-4-15(19-20-16)21-7-2-3-8-21/h4-6,13H,2-3,7-12H2,1H3. The Morgan fingerprint density at radius 2 is 1.55 bits per heavy atom. The van der Waals surface area contributed by atoms with Gasteiger partial charge in [-0.15, -0.1) is 21.5 Å². The van der Waals surface area contributed by atoms with Crippen LogP contribution in [0.5, 0.6) is 0 Å². The van der Waals surface area contributed by atoms with Crippen molar-refractivity contribution in [2.24, 2.45) is 0 Å². The SMILES string of the molecule is COC(=O)c1sccc1S(=O)(=O)N1CCN(c2ccc(N3CCCC3)nn2)CC1. The zero-order valence-electron chi connectivity index (χ0n) is 16.2. The number of carbonyl (C=O) groups excluding carboxylic acids is 1. The Labute approximate surface area is 173 Å². The zero-order valence-corrected chi connectivity index (χ0v) is 17.8. The van der Waals surface area contributed by atoms with Gasteiger partial charge >= 0.3 is 5.97 Å². The first-order chi connectivity index (χ1) is 14.0. The fourth-order valence-corrected chi connectivity index (χ4v) is 6.37. The van der Waals surface area contributed by atoms with Crippen LogP contribution in [0.25, 0.3) is 0 Å². The Balaban J connectivity index is 1.42. The predicted octanol–water partition coefficient (Wildman–Crippen LogP) is 1.44. The summed E-state index contributed by atoms with van der Waals surface area (Å²) in [5, 5.41) is 10.3. The maximum atomic E-state index is 13.0. The zero-order chi connectivity index (χ0) is 20.4. The number of ether oxygens (including phenoxy) is 1. The van der Waals surface area contributed by atoms with Gasteiger partial charge in [-0.3, -0.25) is 0 Å². The fourth-order valence-electron chi connectivity index (χ4n) is 3.64. The molecule has 29 heavy (non-hydrogen) atoms. The predicted molar refractivity (Wildman–Crippen MR) is 110 cm³/mol. The van der Waals surface area contributed by atoms with Crippen LogP contribution < -0.4 is 9.80 Å². The Bertz CT molecular complexity index is 962. The van der Waals surface area contributed by atoms with Crippen molar-refractivity contribution in [2.45, 2.75) is 17.7 Å². The average molecular weight is 438 g/mol. The third-order valence-electron chi connectivity index (χ3n) is 5.25. The summed E-state index contributed by atoms with van der Waals surface area (Å²) in [5.74, 6) is 1.00. The van der Waals surface area contributed by atoms with Crippen LogP contribution in [0, 0.1) is 0 Å². The number of carbonyl (C=O) groups is 1. The van der Waals surface area contributed by atoms with E-state index in [-0.39, 0.29) is 9.77 Å². The van der Waals surface area contributed by atoms with E-state index in [0.29, 0.717) is 26.2 Å². The molecule has 2 fully saturated rings. The second-order valence-electron chi connectivity index (χ2n) is 6.94. The molecule has 0 aromatic carbocycles. The molecular weight excluding hydrogens is 414 g/mol. The molecule has 0 unspecified atom stereocenters. The molecule has 11 heteroatoms.